The number of nitrogens with zero attached hydrogens (tertiary/aromatic N) is 3. The standard InChI is InChI=1S/C21H21ClN4O3/c1-14(18-9-8-17(28-2)12-20(18)29-3)23-24-21(27)19-10-11-26(25-19)13-15-4-6-16(22)7-5-15/h4-12H,13H2,1-3H3,(H,24,27). The molecule has 8 heteroatoms. The lowest BCUT2D eigenvalue weighted by atomic mass is 10.1. The highest BCUT2D eigenvalue weighted by Crippen LogP contribution is 2.25. The first-order valence-corrected chi connectivity index (χ1v) is 9.23. The predicted octanol–water partition coefficient (Wildman–Crippen LogP) is 3.76. The summed E-state index contributed by atoms with van der Waals surface area (Å²) in [5.41, 5.74) is 5.19. The molecule has 3 rings (SSSR count). The maximum Gasteiger partial charge on any atom is 0.291 e. The molecule has 150 valence electrons. The number of carbonyl (C=O) groups excluding carboxylic acids is 1. The van der Waals surface area contributed by atoms with Crippen molar-refractivity contribution < 1.29 is 14.3 Å². The van der Waals surface area contributed by atoms with Crippen LogP contribution in [0.5, 0.6) is 11.5 Å². The van der Waals surface area contributed by atoms with Gasteiger partial charge in [-0.3, -0.25) is 9.48 Å². The summed E-state index contributed by atoms with van der Waals surface area (Å²) in [6.45, 7) is 2.32. The van der Waals surface area contributed by atoms with E-state index in [1.165, 1.54) is 0 Å². The topological polar surface area (TPSA) is 77.7 Å². The number of carbonyl (C=O) groups is 1. The van der Waals surface area contributed by atoms with E-state index in [9.17, 15) is 4.79 Å². The van der Waals surface area contributed by atoms with Gasteiger partial charge in [-0.2, -0.15) is 10.2 Å². The number of hydrogen-bond donors (Lipinski definition) is 1. The van der Waals surface area contributed by atoms with Crippen molar-refractivity contribution >= 4 is 23.2 Å². The number of hydrazone groups is 1. The van der Waals surface area contributed by atoms with Gasteiger partial charge in [0.05, 0.1) is 26.5 Å². The Morgan fingerprint density at radius 3 is 2.59 bits per heavy atom. The van der Waals surface area contributed by atoms with Crippen molar-refractivity contribution in [2.45, 2.75) is 13.5 Å². The number of benzene rings is 2. The molecule has 7 nitrogen and oxygen atoms in total. The number of halogens is 1. The molecule has 1 amide bonds. The van der Waals surface area contributed by atoms with E-state index in [2.05, 4.69) is 15.6 Å². The van der Waals surface area contributed by atoms with Crippen LogP contribution in [0, 0.1) is 0 Å². The van der Waals surface area contributed by atoms with Crippen LogP contribution < -0.4 is 14.9 Å². The van der Waals surface area contributed by atoms with Crippen LogP contribution in [0.15, 0.2) is 59.8 Å². The quantitative estimate of drug-likeness (QED) is 0.473. The second-order valence-corrected chi connectivity index (χ2v) is 6.67. The highest BCUT2D eigenvalue weighted by molar-refractivity contribution is 6.30. The highest BCUT2D eigenvalue weighted by Gasteiger charge is 2.11. The SMILES string of the molecule is COc1ccc(C(C)=NNC(=O)c2ccn(Cc3ccc(Cl)cc3)n2)c(OC)c1. The lowest BCUT2D eigenvalue weighted by Gasteiger charge is -2.10. The molecule has 0 spiro atoms. The van der Waals surface area contributed by atoms with E-state index in [1.54, 1.807) is 50.2 Å². The van der Waals surface area contributed by atoms with E-state index in [-0.39, 0.29) is 5.69 Å². The molecule has 0 aliphatic carbocycles. The second kappa shape index (κ2) is 9.25. The molecule has 0 fully saturated rings. The first-order valence-electron chi connectivity index (χ1n) is 8.85. The van der Waals surface area contributed by atoms with Crippen LogP contribution >= 0.6 is 11.6 Å². The zero-order chi connectivity index (χ0) is 20.8. The summed E-state index contributed by atoms with van der Waals surface area (Å²) in [7, 11) is 3.15. The van der Waals surface area contributed by atoms with E-state index < -0.39 is 5.91 Å². The Morgan fingerprint density at radius 1 is 1.14 bits per heavy atom. The Kier molecular flexibility index (Phi) is 6.51. The van der Waals surface area contributed by atoms with Crippen molar-refractivity contribution in [2.24, 2.45) is 5.10 Å². The molecular formula is C21H21ClN4O3. The molecule has 0 atom stereocenters. The fraction of sp³-hybridized carbons (Fsp3) is 0.190. The highest BCUT2D eigenvalue weighted by atomic mass is 35.5. The number of nitrogens with one attached hydrogen (secondary N) is 1. The molecule has 1 aromatic heterocycles. The largest absolute Gasteiger partial charge is 0.497 e. The summed E-state index contributed by atoms with van der Waals surface area (Å²) in [5, 5.41) is 9.14. The molecule has 0 aliphatic rings. The third kappa shape index (κ3) is 5.14. The summed E-state index contributed by atoms with van der Waals surface area (Å²) < 4.78 is 12.2. The van der Waals surface area contributed by atoms with E-state index >= 15 is 0 Å². The van der Waals surface area contributed by atoms with E-state index in [1.807, 2.05) is 30.3 Å². The van der Waals surface area contributed by atoms with Crippen molar-refractivity contribution in [1.29, 1.82) is 0 Å². The van der Waals surface area contributed by atoms with Gasteiger partial charge in [-0.1, -0.05) is 23.7 Å². The van der Waals surface area contributed by atoms with E-state index in [0.29, 0.717) is 28.8 Å². The van der Waals surface area contributed by atoms with Crippen molar-refractivity contribution in [3.8, 4) is 11.5 Å². The smallest absolute Gasteiger partial charge is 0.291 e. The van der Waals surface area contributed by atoms with Gasteiger partial charge in [-0.15, -0.1) is 0 Å². The zero-order valence-corrected chi connectivity index (χ0v) is 17.1. The van der Waals surface area contributed by atoms with Gasteiger partial charge in [0.2, 0.25) is 0 Å². The Bertz CT molecular complexity index is 1030. The summed E-state index contributed by atoms with van der Waals surface area (Å²) in [5.74, 6) is 0.882. The van der Waals surface area contributed by atoms with Gasteiger partial charge in [0, 0.05) is 22.8 Å². The minimum Gasteiger partial charge on any atom is -0.497 e. The monoisotopic (exact) mass is 412 g/mol. The summed E-state index contributed by atoms with van der Waals surface area (Å²) in [4.78, 5) is 12.4. The summed E-state index contributed by atoms with van der Waals surface area (Å²) >= 11 is 5.90. The average Bonchev–Trinajstić information content (AvgIpc) is 3.21. The minimum absolute atomic E-state index is 0.275. The minimum atomic E-state index is -0.397. The van der Waals surface area contributed by atoms with Gasteiger partial charge in [0.15, 0.2) is 5.69 Å². The summed E-state index contributed by atoms with van der Waals surface area (Å²) in [6, 6.07) is 14.5. The Labute approximate surface area is 173 Å². The predicted molar refractivity (Wildman–Crippen MR) is 112 cm³/mol. The van der Waals surface area contributed by atoms with Crippen LogP contribution in [0.1, 0.15) is 28.5 Å². The van der Waals surface area contributed by atoms with Crippen molar-refractivity contribution in [3.05, 3.63) is 76.6 Å². The van der Waals surface area contributed by atoms with Crippen LogP contribution in [0.3, 0.4) is 0 Å². The van der Waals surface area contributed by atoms with Crippen LogP contribution in [0.25, 0.3) is 0 Å². The van der Waals surface area contributed by atoms with Crippen LogP contribution in [-0.2, 0) is 6.54 Å². The lowest BCUT2D eigenvalue weighted by Crippen LogP contribution is -2.20. The fourth-order valence-electron chi connectivity index (χ4n) is 2.70. The normalized spacial score (nSPS) is 11.2. The van der Waals surface area contributed by atoms with E-state index in [0.717, 1.165) is 11.1 Å². The number of rotatable bonds is 7. The third-order valence-electron chi connectivity index (χ3n) is 4.25. The van der Waals surface area contributed by atoms with Gasteiger partial charge in [0.1, 0.15) is 11.5 Å². The van der Waals surface area contributed by atoms with Gasteiger partial charge >= 0.3 is 0 Å². The Hall–Kier alpha value is -3.32. The lowest BCUT2D eigenvalue weighted by molar-refractivity contribution is 0.0949. The van der Waals surface area contributed by atoms with Gasteiger partial charge < -0.3 is 9.47 Å². The van der Waals surface area contributed by atoms with Gasteiger partial charge in [0.25, 0.3) is 5.91 Å². The second-order valence-electron chi connectivity index (χ2n) is 6.23. The maximum absolute atomic E-state index is 12.4. The van der Waals surface area contributed by atoms with Crippen LogP contribution in [-0.4, -0.2) is 35.6 Å². The molecule has 0 aliphatic heterocycles. The number of methoxy groups -OCH3 is 2. The number of amides is 1. The Morgan fingerprint density at radius 2 is 1.90 bits per heavy atom. The molecule has 0 radical (unpaired) electrons. The molecule has 0 unspecified atom stereocenters. The number of aromatic nitrogens is 2. The van der Waals surface area contributed by atoms with Gasteiger partial charge in [-0.25, -0.2) is 5.43 Å². The van der Waals surface area contributed by atoms with Crippen molar-refractivity contribution in [2.75, 3.05) is 14.2 Å². The van der Waals surface area contributed by atoms with Crippen LogP contribution in [0.2, 0.25) is 5.02 Å². The Balaban J connectivity index is 1.67. The average molecular weight is 413 g/mol. The molecule has 1 heterocycles. The molecule has 0 saturated heterocycles. The first kappa shape index (κ1) is 20.4. The van der Waals surface area contributed by atoms with E-state index in [4.69, 9.17) is 21.1 Å². The van der Waals surface area contributed by atoms with Crippen molar-refractivity contribution in [3.63, 3.8) is 0 Å². The zero-order valence-electron chi connectivity index (χ0n) is 16.3. The molecule has 1 N–H and O–H groups in total. The number of hydrogen-bond acceptors (Lipinski definition) is 5. The number of ether oxygens (including phenoxy) is 2. The maximum atomic E-state index is 12.4. The molecular weight excluding hydrogens is 392 g/mol. The molecule has 3 aromatic rings. The van der Waals surface area contributed by atoms with Gasteiger partial charge in [-0.05, 0) is 42.8 Å². The molecule has 0 saturated carbocycles. The molecule has 29 heavy (non-hydrogen) atoms. The summed E-state index contributed by atoms with van der Waals surface area (Å²) in [6.07, 6.45) is 1.74. The first-order chi connectivity index (χ1) is 14.0. The van der Waals surface area contributed by atoms with Crippen LogP contribution in [0.4, 0.5) is 0 Å². The van der Waals surface area contributed by atoms with Crippen molar-refractivity contribution in [1.82, 2.24) is 15.2 Å². The third-order valence-corrected chi connectivity index (χ3v) is 4.51. The molecule has 2 aromatic carbocycles. The fourth-order valence-corrected chi connectivity index (χ4v) is 2.82. The molecule has 0 bridgehead atoms.